The zero-order valence-electron chi connectivity index (χ0n) is 10.5. The number of carbonyl (C=O) groups excluding carboxylic acids is 2. The number of Topliss-reactive ketones (excluding diaryl/α,β-unsaturated/α-hetero) is 2. The number of rotatable bonds is 3. The van der Waals surface area contributed by atoms with Crippen molar-refractivity contribution in [2.75, 3.05) is 12.4 Å². The first-order valence-electron chi connectivity index (χ1n) is 5.55. The van der Waals surface area contributed by atoms with Gasteiger partial charge in [-0.25, -0.2) is 4.39 Å². The molecule has 0 fully saturated rings. The summed E-state index contributed by atoms with van der Waals surface area (Å²) in [5.41, 5.74) is 0.132. The molecule has 8 heteroatoms. The van der Waals surface area contributed by atoms with Gasteiger partial charge in [-0.3, -0.25) is 9.59 Å². The Kier molecular flexibility index (Phi) is 4.61. The molecule has 2 rings (SSSR count). The summed E-state index contributed by atoms with van der Waals surface area (Å²) in [4.78, 5) is 24.1. The maximum Gasteiger partial charge on any atom is 0.242 e. The average Bonchev–Trinajstić information content (AvgIpc) is 2.46. The summed E-state index contributed by atoms with van der Waals surface area (Å²) in [5, 5.41) is 1.91. The Morgan fingerprint density at radius 3 is 2.43 bits per heavy atom. The Hall–Kier alpha value is -1.50. The third-order valence-electron chi connectivity index (χ3n) is 2.67. The zero-order chi connectivity index (χ0) is 15.7. The maximum absolute atomic E-state index is 13.1. The number of halogens is 3. The summed E-state index contributed by atoms with van der Waals surface area (Å²) >= 11 is 15.6. The minimum Gasteiger partial charge on any atom is -0.491 e. The highest BCUT2D eigenvalue weighted by Crippen LogP contribution is 2.31. The number of hydrogen-bond donors (Lipinski definition) is 2. The summed E-state index contributed by atoms with van der Waals surface area (Å²) in [7, 11) is 1.21. The van der Waals surface area contributed by atoms with E-state index in [1.54, 1.807) is 0 Å². The van der Waals surface area contributed by atoms with Crippen molar-refractivity contribution in [1.29, 1.82) is 0 Å². The molecule has 1 aromatic carbocycles. The second-order valence-corrected chi connectivity index (χ2v) is 5.22. The van der Waals surface area contributed by atoms with E-state index in [2.05, 4.69) is 17.9 Å². The number of ketones is 2. The van der Waals surface area contributed by atoms with Crippen molar-refractivity contribution in [1.82, 2.24) is 0 Å². The molecule has 0 unspecified atom stereocenters. The first-order valence-corrected chi connectivity index (χ1v) is 6.75. The number of methoxy groups -OCH3 is 1. The van der Waals surface area contributed by atoms with Crippen LogP contribution in [-0.4, -0.2) is 18.7 Å². The van der Waals surface area contributed by atoms with Crippen LogP contribution in [-0.2, 0) is 14.3 Å². The molecule has 110 valence electrons. The maximum atomic E-state index is 13.1. The third kappa shape index (κ3) is 2.92. The summed E-state index contributed by atoms with van der Waals surface area (Å²) in [6.07, 6.45) is 0. The Bertz CT molecular complexity index is 715. The molecule has 0 aromatic heterocycles. The van der Waals surface area contributed by atoms with Crippen LogP contribution in [0.25, 0.3) is 0 Å². The monoisotopic (exact) mass is 347 g/mol. The number of carbonyl (C=O) groups is 2. The fraction of sp³-hybridized carbons (Fsp3) is 0.0769. The predicted molar refractivity (Wildman–Crippen MR) is 80.1 cm³/mol. The SMILES string of the molecule is COC1=C(Cl)C(=O)C(Nc2ccc(F)c(S)c2)=C(Cl)C1=O. The number of hydrogen-bond acceptors (Lipinski definition) is 5. The second-order valence-electron chi connectivity index (χ2n) is 3.99. The molecule has 0 atom stereocenters. The van der Waals surface area contributed by atoms with Crippen molar-refractivity contribution in [3.8, 4) is 0 Å². The van der Waals surface area contributed by atoms with Crippen LogP contribution in [0.3, 0.4) is 0 Å². The largest absolute Gasteiger partial charge is 0.491 e. The number of allylic oxidation sites excluding steroid dienone is 2. The van der Waals surface area contributed by atoms with Gasteiger partial charge in [0.15, 0.2) is 5.76 Å². The number of benzene rings is 1. The van der Waals surface area contributed by atoms with E-state index >= 15 is 0 Å². The molecule has 0 saturated carbocycles. The van der Waals surface area contributed by atoms with E-state index in [-0.39, 0.29) is 26.4 Å². The zero-order valence-corrected chi connectivity index (χ0v) is 12.9. The fourth-order valence-electron chi connectivity index (χ4n) is 1.65. The van der Waals surface area contributed by atoms with Crippen molar-refractivity contribution in [2.24, 2.45) is 0 Å². The molecule has 4 nitrogen and oxygen atoms in total. The minimum absolute atomic E-state index is 0.0746. The molecule has 0 aliphatic heterocycles. The molecule has 0 bridgehead atoms. The highest BCUT2D eigenvalue weighted by Gasteiger charge is 2.34. The smallest absolute Gasteiger partial charge is 0.242 e. The molecule has 0 saturated heterocycles. The predicted octanol–water partition coefficient (Wildman–Crippen LogP) is 3.23. The van der Waals surface area contributed by atoms with Crippen LogP contribution >= 0.6 is 35.8 Å². The van der Waals surface area contributed by atoms with Gasteiger partial charge in [0.2, 0.25) is 11.6 Å². The van der Waals surface area contributed by atoms with E-state index in [9.17, 15) is 14.0 Å². The van der Waals surface area contributed by atoms with Crippen LogP contribution in [0.1, 0.15) is 0 Å². The topological polar surface area (TPSA) is 55.4 Å². The second kappa shape index (κ2) is 6.09. The summed E-state index contributed by atoms with van der Waals surface area (Å²) < 4.78 is 17.9. The quantitative estimate of drug-likeness (QED) is 0.651. The Morgan fingerprint density at radius 1 is 1.19 bits per heavy atom. The van der Waals surface area contributed by atoms with E-state index < -0.39 is 17.4 Å². The number of ether oxygens (including phenoxy) is 1. The van der Waals surface area contributed by atoms with Crippen LogP contribution in [0, 0.1) is 5.82 Å². The average molecular weight is 348 g/mol. The highest BCUT2D eigenvalue weighted by atomic mass is 35.5. The lowest BCUT2D eigenvalue weighted by atomic mass is 10.1. The normalized spacial score (nSPS) is 15.7. The highest BCUT2D eigenvalue weighted by molar-refractivity contribution is 7.80. The van der Waals surface area contributed by atoms with Gasteiger partial charge in [0.05, 0.1) is 7.11 Å². The molecule has 1 aromatic rings. The molecule has 0 amide bonds. The molecule has 0 radical (unpaired) electrons. The Labute approximate surface area is 135 Å². The van der Waals surface area contributed by atoms with Gasteiger partial charge >= 0.3 is 0 Å². The first-order chi connectivity index (χ1) is 9.86. The molecule has 0 heterocycles. The van der Waals surface area contributed by atoms with Gasteiger partial charge in [0, 0.05) is 10.6 Å². The summed E-state index contributed by atoms with van der Waals surface area (Å²) in [6, 6.07) is 3.87. The van der Waals surface area contributed by atoms with Gasteiger partial charge in [-0.1, -0.05) is 23.2 Å². The van der Waals surface area contributed by atoms with Crippen LogP contribution in [0.5, 0.6) is 0 Å². The number of anilines is 1. The molecular formula is C13H8Cl2FNO3S. The molecule has 1 N–H and O–H groups in total. The summed E-state index contributed by atoms with van der Waals surface area (Å²) in [5.74, 6) is -2.23. The van der Waals surface area contributed by atoms with Gasteiger partial charge in [0.25, 0.3) is 0 Å². The Balaban J connectivity index is 2.40. The van der Waals surface area contributed by atoms with Crippen LogP contribution in [0.2, 0.25) is 0 Å². The molecule has 0 spiro atoms. The lowest BCUT2D eigenvalue weighted by molar-refractivity contribution is -0.117. The fourth-order valence-corrected chi connectivity index (χ4v) is 2.34. The van der Waals surface area contributed by atoms with Crippen molar-refractivity contribution < 1.29 is 18.7 Å². The van der Waals surface area contributed by atoms with Crippen molar-refractivity contribution in [3.63, 3.8) is 0 Å². The van der Waals surface area contributed by atoms with Crippen molar-refractivity contribution in [3.05, 3.63) is 45.5 Å². The lowest BCUT2D eigenvalue weighted by Gasteiger charge is -2.18. The third-order valence-corrected chi connectivity index (χ3v) is 3.72. The first kappa shape index (κ1) is 15.9. The van der Waals surface area contributed by atoms with Crippen molar-refractivity contribution >= 4 is 53.1 Å². The molecule has 1 aliphatic rings. The standard InChI is InChI=1S/C13H8Cl2FNO3S/c1-20-13-9(15)11(18)10(8(14)12(13)19)17-5-2-3-6(16)7(21)4-5/h2-4,17,21H,1H3. The van der Waals surface area contributed by atoms with Gasteiger partial charge in [-0.2, -0.15) is 0 Å². The molecular weight excluding hydrogens is 340 g/mol. The van der Waals surface area contributed by atoms with E-state index in [1.807, 2.05) is 0 Å². The lowest BCUT2D eigenvalue weighted by Crippen LogP contribution is -2.25. The van der Waals surface area contributed by atoms with E-state index in [1.165, 1.54) is 19.2 Å². The Morgan fingerprint density at radius 2 is 1.86 bits per heavy atom. The van der Waals surface area contributed by atoms with E-state index in [4.69, 9.17) is 27.9 Å². The number of nitrogens with one attached hydrogen (secondary N) is 1. The van der Waals surface area contributed by atoms with E-state index in [0.29, 0.717) is 5.69 Å². The minimum atomic E-state index is -0.709. The van der Waals surface area contributed by atoms with Crippen molar-refractivity contribution in [2.45, 2.75) is 4.90 Å². The van der Waals surface area contributed by atoms with Gasteiger partial charge in [0.1, 0.15) is 21.6 Å². The van der Waals surface area contributed by atoms with Crippen LogP contribution in [0.4, 0.5) is 10.1 Å². The molecule has 1 aliphatic carbocycles. The van der Waals surface area contributed by atoms with Crippen LogP contribution in [0.15, 0.2) is 44.6 Å². The summed E-state index contributed by atoms with van der Waals surface area (Å²) in [6.45, 7) is 0. The van der Waals surface area contributed by atoms with Gasteiger partial charge in [-0.15, -0.1) is 12.6 Å². The van der Waals surface area contributed by atoms with Gasteiger partial charge < -0.3 is 10.1 Å². The van der Waals surface area contributed by atoms with Crippen LogP contribution < -0.4 is 5.32 Å². The van der Waals surface area contributed by atoms with Gasteiger partial charge in [-0.05, 0) is 18.2 Å². The molecule has 21 heavy (non-hydrogen) atoms. The van der Waals surface area contributed by atoms with E-state index in [0.717, 1.165) is 6.07 Å². The number of thiol groups is 1.